The van der Waals surface area contributed by atoms with Crippen LogP contribution in [0.4, 0.5) is 11.4 Å². The summed E-state index contributed by atoms with van der Waals surface area (Å²) in [5.41, 5.74) is 2.34. The number of hydrogen-bond acceptors (Lipinski definition) is 4. The molecule has 0 aliphatic carbocycles. The Balaban J connectivity index is 1.77. The second kappa shape index (κ2) is 11.2. The van der Waals surface area contributed by atoms with Gasteiger partial charge in [-0.25, -0.2) is 0 Å². The van der Waals surface area contributed by atoms with Crippen molar-refractivity contribution in [2.24, 2.45) is 5.41 Å². The van der Waals surface area contributed by atoms with Gasteiger partial charge in [-0.2, -0.15) is 0 Å². The maximum Gasteiger partial charge on any atom is 0.274 e. The van der Waals surface area contributed by atoms with E-state index in [1.807, 2.05) is 63.2 Å². The molecule has 0 unspecified atom stereocenters. The number of carbonyl (C=O) groups excluding carboxylic acids is 2. The Morgan fingerprint density at radius 3 is 2.17 bits per heavy atom. The molecule has 0 aromatic heterocycles. The van der Waals surface area contributed by atoms with Crippen molar-refractivity contribution < 1.29 is 14.5 Å². The van der Waals surface area contributed by atoms with Gasteiger partial charge in [0.1, 0.15) is 0 Å². The molecule has 3 rings (SSSR count). The number of carbonyl (C=O) groups is 2. The molecular formula is C28H29N3O4. The van der Waals surface area contributed by atoms with Crippen LogP contribution in [-0.2, 0) is 22.7 Å². The highest BCUT2D eigenvalue weighted by atomic mass is 16.6. The summed E-state index contributed by atoms with van der Waals surface area (Å²) in [5, 5.41) is 14.3. The first-order valence-corrected chi connectivity index (χ1v) is 11.3. The molecule has 0 bridgehead atoms. The summed E-state index contributed by atoms with van der Waals surface area (Å²) in [6, 6.07) is 23.1. The maximum atomic E-state index is 13.1. The molecule has 1 N–H and O–H groups in total. The lowest BCUT2D eigenvalue weighted by atomic mass is 9.95. The zero-order valence-corrected chi connectivity index (χ0v) is 20.1. The van der Waals surface area contributed by atoms with E-state index in [2.05, 4.69) is 5.32 Å². The normalized spacial score (nSPS) is 11.3. The van der Waals surface area contributed by atoms with Crippen LogP contribution in [0.3, 0.4) is 0 Å². The number of nitrogens with zero attached hydrogens (tertiary/aromatic N) is 2. The van der Waals surface area contributed by atoms with Crippen molar-refractivity contribution in [2.45, 2.75) is 33.9 Å². The highest BCUT2D eigenvalue weighted by Crippen LogP contribution is 2.22. The van der Waals surface area contributed by atoms with Crippen molar-refractivity contribution >= 4 is 29.3 Å². The van der Waals surface area contributed by atoms with Crippen LogP contribution in [0.2, 0.25) is 0 Å². The first-order chi connectivity index (χ1) is 16.6. The molecule has 0 atom stereocenters. The molecule has 180 valence electrons. The summed E-state index contributed by atoms with van der Waals surface area (Å²) >= 11 is 0. The van der Waals surface area contributed by atoms with Gasteiger partial charge in [-0.1, -0.05) is 81.4 Å². The molecule has 0 spiro atoms. The van der Waals surface area contributed by atoms with Crippen LogP contribution < -0.4 is 5.32 Å². The van der Waals surface area contributed by atoms with Crippen LogP contribution in [0.5, 0.6) is 0 Å². The van der Waals surface area contributed by atoms with E-state index >= 15 is 0 Å². The Labute approximate surface area is 205 Å². The monoisotopic (exact) mass is 471 g/mol. The fraction of sp³-hybridized carbons (Fsp3) is 0.214. The van der Waals surface area contributed by atoms with Crippen LogP contribution >= 0.6 is 0 Å². The number of benzene rings is 3. The van der Waals surface area contributed by atoms with Gasteiger partial charge in [0.25, 0.3) is 5.69 Å². The van der Waals surface area contributed by atoms with Gasteiger partial charge >= 0.3 is 0 Å². The van der Waals surface area contributed by atoms with E-state index in [9.17, 15) is 19.7 Å². The van der Waals surface area contributed by atoms with Crippen molar-refractivity contribution in [3.8, 4) is 0 Å². The highest BCUT2D eigenvalue weighted by Gasteiger charge is 2.21. The quantitative estimate of drug-likeness (QED) is 0.254. The number of hydrogen-bond donors (Lipinski definition) is 1. The number of para-hydroxylation sites is 1. The summed E-state index contributed by atoms with van der Waals surface area (Å²) in [6.07, 6.45) is 3.15. The molecular weight excluding hydrogens is 442 g/mol. The molecule has 0 aliphatic heterocycles. The number of amides is 2. The maximum absolute atomic E-state index is 13.1. The molecule has 0 radical (unpaired) electrons. The van der Waals surface area contributed by atoms with Gasteiger partial charge in [0.15, 0.2) is 0 Å². The number of nitrogens with one attached hydrogen (secondary N) is 1. The topological polar surface area (TPSA) is 92.6 Å². The Hall–Kier alpha value is -4.26. The fourth-order valence-electron chi connectivity index (χ4n) is 3.31. The van der Waals surface area contributed by atoms with Gasteiger partial charge in [0.05, 0.1) is 11.5 Å². The molecule has 0 saturated heterocycles. The number of rotatable bonds is 8. The largest absolute Gasteiger partial charge is 0.330 e. The van der Waals surface area contributed by atoms with Crippen molar-refractivity contribution in [2.75, 3.05) is 5.32 Å². The molecule has 0 heterocycles. The zero-order chi connectivity index (χ0) is 25.4. The van der Waals surface area contributed by atoms with E-state index in [0.29, 0.717) is 17.8 Å². The zero-order valence-electron chi connectivity index (χ0n) is 20.1. The number of nitro groups is 1. The van der Waals surface area contributed by atoms with Crippen LogP contribution in [0.1, 0.15) is 37.5 Å². The first-order valence-electron chi connectivity index (χ1n) is 11.3. The van der Waals surface area contributed by atoms with Crippen LogP contribution in [0.25, 0.3) is 6.08 Å². The third-order valence-corrected chi connectivity index (χ3v) is 5.35. The van der Waals surface area contributed by atoms with Crippen LogP contribution in [0.15, 0.2) is 84.9 Å². The van der Waals surface area contributed by atoms with Gasteiger partial charge in [-0.05, 0) is 29.3 Å². The van der Waals surface area contributed by atoms with Crippen molar-refractivity contribution in [3.63, 3.8) is 0 Å². The smallest absolute Gasteiger partial charge is 0.274 e. The SMILES string of the molecule is CC(C)(C)C(=O)Nc1ccc(/C=C/C(=O)N(Cc2ccccc2)Cc2ccccc2[N+](=O)[O-])cc1. The molecule has 3 aromatic carbocycles. The Morgan fingerprint density at radius 1 is 0.914 bits per heavy atom. The number of anilines is 1. The van der Waals surface area contributed by atoms with E-state index in [-0.39, 0.29) is 24.0 Å². The average Bonchev–Trinajstić information content (AvgIpc) is 2.83. The van der Waals surface area contributed by atoms with E-state index in [1.54, 1.807) is 41.3 Å². The van der Waals surface area contributed by atoms with Crippen molar-refractivity contribution in [1.82, 2.24) is 4.90 Å². The molecule has 7 nitrogen and oxygen atoms in total. The summed E-state index contributed by atoms with van der Waals surface area (Å²) in [4.78, 5) is 37.9. The van der Waals surface area contributed by atoms with E-state index < -0.39 is 10.3 Å². The number of nitro benzene ring substituents is 1. The molecule has 0 saturated carbocycles. The Bertz CT molecular complexity index is 1210. The van der Waals surface area contributed by atoms with E-state index in [0.717, 1.165) is 11.1 Å². The minimum absolute atomic E-state index is 0.0183. The summed E-state index contributed by atoms with van der Waals surface area (Å²) in [6.45, 7) is 5.95. The lowest BCUT2D eigenvalue weighted by Crippen LogP contribution is -2.28. The Kier molecular flexibility index (Phi) is 8.15. The highest BCUT2D eigenvalue weighted by molar-refractivity contribution is 5.95. The van der Waals surface area contributed by atoms with Gasteiger partial charge < -0.3 is 10.2 Å². The lowest BCUT2D eigenvalue weighted by molar-refractivity contribution is -0.385. The summed E-state index contributed by atoms with van der Waals surface area (Å²) in [7, 11) is 0. The predicted molar refractivity (Wildman–Crippen MR) is 137 cm³/mol. The predicted octanol–water partition coefficient (Wildman–Crippen LogP) is 5.82. The van der Waals surface area contributed by atoms with Crippen LogP contribution in [0, 0.1) is 15.5 Å². The van der Waals surface area contributed by atoms with Gasteiger partial charge in [-0.15, -0.1) is 0 Å². The lowest BCUT2D eigenvalue weighted by Gasteiger charge is -2.21. The minimum Gasteiger partial charge on any atom is -0.330 e. The van der Waals surface area contributed by atoms with Crippen LogP contribution in [-0.4, -0.2) is 21.6 Å². The summed E-state index contributed by atoms with van der Waals surface area (Å²) in [5.74, 6) is -0.348. The van der Waals surface area contributed by atoms with Gasteiger partial charge in [-0.3, -0.25) is 19.7 Å². The standard InChI is InChI=1S/C28H29N3O4/c1-28(2,3)27(33)29-24-16-13-21(14-17-24)15-18-26(32)30(19-22-9-5-4-6-10-22)20-23-11-7-8-12-25(23)31(34)35/h4-18H,19-20H2,1-3H3,(H,29,33)/b18-15+. The fourth-order valence-corrected chi connectivity index (χ4v) is 3.31. The first kappa shape index (κ1) is 25.4. The second-order valence-electron chi connectivity index (χ2n) is 9.23. The third-order valence-electron chi connectivity index (χ3n) is 5.35. The molecule has 2 amide bonds. The molecule has 3 aromatic rings. The molecule has 0 aliphatic rings. The van der Waals surface area contributed by atoms with E-state index in [4.69, 9.17) is 0 Å². The minimum atomic E-state index is -0.499. The van der Waals surface area contributed by atoms with Gasteiger partial charge in [0.2, 0.25) is 11.8 Å². The third kappa shape index (κ3) is 7.37. The average molecular weight is 472 g/mol. The molecule has 7 heteroatoms. The van der Waals surface area contributed by atoms with E-state index in [1.165, 1.54) is 12.1 Å². The van der Waals surface area contributed by atoms with Crippen molar-refractivity contribution in [3.05, 3.63) is 112 Å². The molecule has 35 heavy (non-hydrogen) atoms. The Morgan fingerprint density at radius 2 is 1.54 bits per heavy atom. The van der Waals surface area contributed by atoms with Gasteiger partial charge in [0, 0.05) is 35.4 Å². The molecule has 0 fully saturated rings. The summed E-state index contributed by atoms with van der Waals surface area (Å²) < 4.78 is 0. The second-order valence-corrected chi connectivity index (χ2v) is 9.23. The van der Waals surface area contributed by atoms with Crippen molar-refractivity contribution in [1.29, 1.82) is 0 Å².